The molecular weight excluding hydrogens is 280 g/mol. The van der Waals surface area contributed by atoms with Gasteiger partial charge in [-0.3, -0.25) is 0 Å². The molecular formula is C17H16N2O3. The molecule has 0 radical (unpaired) electrons. The third-order valence-electron chi connectivity index (χ3n) is 3.79. The number of methoxy groups -OCH3 is 1. The van der Waals surface area contributed by atoms with Crippen molar-refractivity contribution < 1.29 is 14.6 Å². The standard InChI is InChI=1S/C17H16N2O3/c1-10-6-7-14(20)11(2)15(10)13-9-19-8-4-5-12(16(19)18-13)17(21)22-3/h4-9,20H,1-3H3. The average molecular weight is 296 g/mol. The zero-order valence-corrected chi connectivity index (χ0v) is 12.6. The summed E-state index contributed by atoms with van der Waals surface area (Å²) in [6, 6.07) is 6.97. The Labute approximate surface area is 127 Å². The number of pyridine rings is 1. The summed E-state index contributed by atoms with van der Waals surface area (Å²) in [6.07, 6.45) is 3.67. The SMILES string of the molecule is COC(=O)c1cccn2cc(-c3c(C)ccc(O)c3C)nc12. The van der Waals surface area contributed by atoms with Crippen LogP contribution >= 0.6 is 0 Å². The van der Waals surface area contributed by atoms with Crippen molar-refractivity contribution in [1.82, 2.24) is 9.38 Å². The van der Waals surface area contributed by atoms with E-state index in [0.29, 0.717) is 16.9 Å². The molecule has 3 aromatic rings. The lowest BCUT2D eigenvalue weighted by molar-refractivity contribution is 0.0602. The number of benzene rings is 1. The van der Waals surface area contributed by atoms with E-state index in [1.54, 1.807) is 22.6 Å². The molecule has 0 saturated heterocycles. The highest BCUT2D eigenvalue weighted by atomic mass is 16.5. The Balaban J connectivity index is 2.27. The van der Waals surface area contributed by atoms with Gasteiger partial charge in [0, 0.05) is 23.5 Å². The number of aryl methyl sites for hydroxylation is 1. The lowest BCUT2D eigenvalue weighted by atomic mass is 10.00. The molecule has 0 saturated carbocycles. The zero-order chi connectivity index (χ0) is 15.9. The second-order valence-corrected chi connectivity index (χ2v) is 5.17. The Kier molecular flexibility index (Phi) is 3.33. The zero-order valence-electron chi connectivity index (χ0n) is 12.6. The van der Waals surface area contributed by atoms with Crippen molar-refractivity contribution in [3.63, 3.8) is 0 Å². The normalized spacial score (nSPS) is 10.9. The molecule has 5 nitrogen and oxygen atoms in total. The van der Waals surface area contributed by atoms with Crippen LogP contribution in [0, 0.1) is 13.8 Å². The van der Waals surface area contributed by atoms with Gasteiger partial charge in [0.15, 0.2) is 5.65 Å². The number of hydrogen-bond acceptors (Lipinski definition) is 4. The summed E-state index contributed by atoms with van der Waals surface area (Å²) in [5.41, 5.74) is 4.31. The van der Waals surface area contributed by atoms with E-state index in [9.17, 15) is 9.90 Å². The van der Waals surface area contributed by atoms with Gasteiger partial charge in [-0.05, 0) is 37.6 Å². The minimum absolute atomic E-state index is 0.228. The fourth-order valence-corrected chi connectivity index (χ4v) is 2.63. The number of esters is 1. The van der Waals surface area contributed by atoms with Crippen LogP contribution in [0.15, 0.2) is 36.7 Å². The number of nitrogens with zero attached hydrogens (tertiary/aromatic N) is 2. The van der Waals surface area contributed by atoms with Crippen molar-refractivity contribution in [3.8, 4) is 17.0 Å². The van der Waals surface area contributed by atoms with E-state index in [2.05, 4.69) is 4.98 Å². The van der Waals surface area contributed by atoms with Crippen molar-refractivity contribution >= 4 is 11.6 Å². The van der Waals surface area contributed by atoms with Crippen LogP contribution in [0.5, 0.6) is 5.75 Å². The van der Waals surface area contributed by atoms with E-state index in [4.69, 9.17) is 4.74 Å². The Morgan fingerprint density at radius 1 is 1.27 bits per heavy atom. The van der Waals surface area contributed by atoms with Gasteiger partial charge in [-0.1, -0.05) is 6.07 Å². The second kappa shape index (κ2) is 5.18. The number of rotatable bonds is 2. The third kappa shape index (κ3) is 2.11. The molecule has 0 fully saturated rings. The lowest BCUT2D eigenvalue weighted by Gasteiger charge is -2.08. The second-order valence-electron chi connectivity index (χ2n) is 5.17. The van der Waals surface area contributed by atoms with Gasteiger partial charge < -0.3 is 14.2 Å². The molecule has 5 heteroatoms. The molecule has 1 N–H and O–H groups in total. The van der Waals surface area contributed by atoms with Gasteiger partial charge in [-0.25, -0.2) is 9.78 Å². The first-order chi connectivity index (χ1) is 10.5. The highest BCUT2D eigenvalue weighted by Gasteiger charge is 2.17. The van der Waals surface area contributed by atoms with Gasteiger partial charge in [0.25, 0.3) is 0 Å². The van der Waals surface area contributed by atoms with Crippen molar-refractivity contribution in [2.75, 3.05) is 7.11 Å². The van der Waals surface area contributed by atoms with Crippen LogP contribution in [0.4, 0.5) is 0 Å². The molecule has 0 spiro atoms. The number of hydrogen-bond donors (Lipinski definition) is 1. The van der Waals surface area contributed by atoms with Crippen LogP contribution in [-0.2, 0) is 4.74 Å². The average Bonchev–Trinajstić information content (AvgIpc) is 2.94. The number of aromatic hydroxyl groups is 1. The maximum Gasteiger partial charge on any atom is 0.341 e. The van der Waals surface area contributed by atoms with Crippen molar-refractivity contribution in [3.05, 3.63) is 53.3 Å². The smallest absolute Gasteiger partial charge is 0.341 e. The Hall–Kier alpha value is -2.82. The monoisotopic (exact) mass is 296 g/mol. The van der Waals surface area contributed by atoms with E-state index in [0.717, 1.165) is 16.7 Å². The van der Waals surface area contributed by atoms with E-state index in [1.807, 2.05) is 32.3 Å². The first-order valence-corrected chi connectivity index (χ1v) is 6.88. The number of fused-ring (bicyclic) bond motifs is 1. The molecule has 0 aliphatic rings. The van der Waals surface area contributed by atoms with Crippen LogP contribution in [0.1, 0.15) is 21.5 Å². The number of ether oxygens (including phenoxy) is 1. The summed E-state index contributed by atoms with van der Waals surface area (Å²) in [7, 11) is 1.35. The summed E-state index contributed by atoms with van der Waals surface area (Å²) in [5.74, 6) is -0.196. The quantitative estimate of drug-likeness (QED) is 0.738. The van der Waals surface area contributed by atoms with E-state index in [-0.39, 0.29) is 5.75 Å². The number of phenolic OH excluding ortho intramolecular Hbond substituents is 1. The van der Waals surface area contributed by atoms with Crippen molar-refractivity contribution in [2.24, 2.45) is 0 Å². The minimum Gasteiger partial charge on any atom is -0.508 e. The number of imidazole rings is 1. The molecule has 1 aromatic carbocycles. The summed E-state index contributed by atoms with van der Waals surface area (Å²) < 4.78 is 6.58. The number of aromatic nitrogens is 2. The van der Waals surface area contributed by atoms with Gasteiger partial charge in [-0.15, -0.1) is 0 Å². The van der Waals surface area contributed by atoms with Gasteiger partial charge in [0.2, 0.25) is 0 Å². The van der Waals surface area contributed by atoms with Crippen LogP contribution < -0.4 is 0 Å². The number of carbonyl (C=O) groups is 1. The maximum atomic E-state index is 11.8. The van der Waals surface area contributed by atoms with Crippen molar-refractivity contribution in [2.45, 2.75) is 13.8 Å². The van der Waals surface area contributed by atoms with E-state index in [1.165, 1.54) is 7.11 Å². The summed E-state index contributed by atoms with van der Waals surface area (Å²) in [5, 5.41) is 9.93. The highest BCUT2D eigenvalue weighted by Crippen LogP contribution is 2.32. The van der Waals surface area contributed by atoms with Crippen LogP contribution in [0.25, 0.3) is 16.9 Å². The predicted molar refractivity (Wildman–Crippen MR) is 83.1 cm³/mol. The third-order valence-corrected chi connectivity index (χ3v) is 3.79. The fourth-order valence-electron chi connectivity index (χ4n) is 2.63. The van der Waals surface area contributed by atoms with Crippen LogP contribution in [0.3, 0.4) is 0 Å². The first-order valence-electron chi connectivity index (χ1n) is 6.88. The Bertz CT molecular complexity index is 881. The molecule has 112 valence electrons. The van der Waals surface area contributed by atoms with Crippen LogP contribution in [-0.4, -0.2) is 27.6 Å². The molecule has 0 unspecified atom stereocenters. The lowest BCUT2D eigenvalue weighted by Crippen LogP contribution is -2.03. The highest BCUT2D eigenvalue weighted by molar-refractivity contribution is 5.96. The molecule has 0 bridgehead atoms. The van der Waals surface area contributed by atoms with Gasteiger partial charge in [0.05, 0.1) is 12.8 Å². The number of carbonyl (C=O) groups excluding carboxylic acids is 1. The molecule has 3 rings (SSSR count). The van der Waals surface area contributed by atoms with Crippen molar-refractivity contribution in [1.29, 1.82) is 0 Å². The Morgan fingerprint density at radius 3 is 2.77 bits per heavy atom. The van der Waals surface area contributed by atoms with Gasteiger partial charge in [-0.2, -0.15) is 0 Å². The molecule has 0 aliphatic heterocycles. The molecule has 0 atom stereocenters. The molecule has 2 aromatic heterocycles. The molecule has 22 heavy (non-hydrogen) atoms. The number of phenols is 1. The predicted octanol–water partition coefficient (Wildman–Crippen LogP) is 3.11. The van der Waals surface area contributed by atoms with Gasteiger partial charge in [0.1, 0.15) is 11.3 Å². The fraction of sp³-hybridized carbons (Fsp3) is 0.176. The molecule has 0 aliphatic carbocycles. The molecule has 2 heterocycles. The summed E-state index contributed by atoms with van der Waals surface area (Å²) >= 11 is 0. The van der Waals surface area contributed by atoms with Gasteiger partial charge >= 0.3 is 5.97 Å². The van der Waals surface area contributed by atoms with E-state index >= 15 is 0 Å². The summed E-state index contributed by atoms with van der Waals surface area (Å²) in [4.78, 5) is 16.4. The topological polar surface area (TPSA) is 63.8 Å². The molecule has 0 amide bonds. The summed E-state index contributed by atoms with van der Waals surface area (Å²) in [6.45, 7) is 3.82. The van der Waals surface area contributed by atoms with E-state index < -0.39 is 5.97 Å². The Morgan fingerprint density at radius 2 is 2.05 bits per heavy atom. The van der Waals surface area contributed by atoms with Crippen LogP contribution in [0.2, 0.25) is 0 Å². The first kappa shape index (κ1) is 14.1. The minimum atomic E-state index is -0.424. The largest absolute Gasteiger partial charge is 0.508 e. The maximum absolute atomic E-state index is 11.8.